The lowest BCUT2D eigenvalue weighted by Gasteiger charge is -2.34. The van der Waals surface area contributed by atoms with Crippen molar-refractivity contribution in [2.24, 2.45) is 5.92 Å². The van der Waals surface area contributed by atoms with Crippen molar-refractivity contribution in [1.82, 2.24) is 0 Å². The monoisotopic (exact) mass is 544 g/mol. The van der Waals surface area contributed by atoms with E-state index in [4.69, 9.17) is 0 Å². The van der Waals surface area contributed by atoms with E-state index in [2.05, 4.69) is 146 Å². The fourth-order valence-electron chi connectivity index (χ4n) is 6.12. The minimum Gasteiger partial charge on any atom is -0.388 e. The molecule has 39 heavy (non-hydrogen) atoms. The standard InChI is InChI=1S/C36H34OP2/c37-36(33-25-15-27-35(33)39(30-20-9-3-10-21-30)31-22-11-4-12-23-31)32-24-13-14-26-34(32)38(28-16-5-1-6-17-28)29-18-7-2-8-19-29/h1-14,16-24,26,33,35-37H,15,25,27H2. The van der Waals surface area contributed by atoms with Gasteiger partial charge in [0.1, 0.15) is 0 Å². The summed E-state index contributed by atoms with van der Waals surface area (Å²) in [7, 11) is -1.37. The predicted molar refractivity (Wildman–Crippen MR) is 170 cm³/mol. The lowest BCUT2D eigenvalue weighted by molar-refractivity contribution is 0.114. The average Bonchev–Trinajstić information content (AvgIpc) is 3.49. The zero-order chi connectivity index (χ0) is 26.4. The first-order valence-electron chi connectivity index (χ1n) is 13.9. The zero-order valence-corrected chi connectivity index (χ0v) is 23.8. The fraction of sp³-hybridized carbons (Fsp3) is 0.167. The van der Waals surface area contributed by atoms with E-state index in [1.165, 1.54) is 32.9 Å². The third kappa shape index (κ3) is 5.64. The van der Waals surface area contributed by atoms with Crippen LogP contribution in [0.1, 0.15) is 30.9 Å². The lowest BCUT2D eigenvalue weighted by atomic mass is 9.94. The van der Waals surface area contributed by atoms with Gasteiger partial charge in [0.2, 0.25) is 0 Å². The molecule has 1 saturated carbocycles. The first-order chi connectivity index (χ1) is 19.3. The normalized spacial score (nSPS) is 17.9. The number of aliphatic hydroxyl groups excluding tert-OH is 1. The van der Waals surface area contributed by atoms with E-state index in [0.717, 1.165) is 18.4 Å². The van der Waals surface area contributed by atoms with Crippen LogP contribution in [-0.4, -0.2) is 10.8 Å². The Kier molecular flexibility index (Phi) is 8.32. The fourth-order valence-corrected chi connectivity index (χ4v) is 11.8. The molecule has 0 radical (unpaired) electrons. The van der Waals surface area contributed by atoms with Crippen molar-refractivity contribution >= 4 is 42.4 Å². The Labute approximate surface area is 235 Å². The van der Waals surface area contributed by atoms with E-state index in [1.807, 2.05) is 0 Å². The molecule has 0 bridgehead atoms. The van der Waals surface area contributed by atoms with Gasteiger partial charge in [-0.1, -0.05) is 152 Å². The second kappa shape index (κ2) is 12.4. The molecule has 1 aliphatic rings. The molecule has 0 spiro atoms. The SMILES string of the molecule is OC(c1ccccc1P(c1ccccc1)c1ccccc1)C1CCCC1P(c1ccccc1)c1ccccc1. The molecule has 5 aromatic rings. The van der Waals surface area contributed by atoms with Crippen molar-refractivity contribution in [3.05, 3.63) is 151 Å². The van der Waals surface area contributed by atoms with E-state index >= 15 is 0 Å². The molecule has 3 unspecified atom stereocenters. The Hall–Kier alpha value is -3.08. The highest BCUT2D eigenvalue weighted by Gasteiger charge is 2.40. The maximum Gasteiger partial charge on any atom is 0.0830 e. The Morgan fingerprint density at radius 1 is 0.513 bits per heavy atom. The first-order valence-corrected chi connectivity index (χ1v) is 16.6. The molecule has 0 amide bonds. The van der Waals surface area contributed by atoms with Crippen LogP contribution in [0.5, 0.6) is 0 Å². The lowest BCUT2D eigenvalue weighted by Crippen LogP contribution is -2.31. The number of aliphatic hydroxyl groups is 1. The van der Waals surface area contributed by atoms with Gasteiger partial charge in [-0.3, -0.25) is 0 Å². The third-order valence-corrected chi connectivity index (χ3v) is 13.4. The van der Waals surface area contributed by atoms with Crippen LogP contribution in [0.15, 0.2) is 146 Å². The highest BCUT2D eigenvalue weighted by Crippen LogP contribution is 2.53. The maximum atomic E-state index is 12.3. The summed E-state index contributed by atoms with van der Waals surface area (Å²) in [6, 6.07) is 52.4. The maximum absolute atomic E-state index is 12.3. The summed E-state index contributed by atoms with van der Waals surface area (Å²) in [6.07, 6.45) is 2.89. The van der Waals surface area contributed by atoms with Crippen LogP contribution in [0, 0.1) is 5.92 Å². The second-order valence-corrected chi connectivity index (χ2v) is 14.8. The minimum atomic E-state index is -0.786. The zero-order valence-electron chi connectivity index (χ0n) is 22.1. The summed E-state index contributed by atoms with van der Waals surface area (Å²) < 4.78 is 0. The van der Waals surface area contributed by atoms with Gasteiger partial charge in [-0.05, 0) is 72.3 Å². The number of benzene rings is 5. The molecule has 0 saturated heterocycles. The second-order valence-electron chi connectivity index (χ2n) is 10.2. The van der Waals surface area contributed by atoms with E-state index in [-0.39, 0.29) is 5.92 Å². The van der Waals surface area contributed by atoms with Crippen LogP contribution in [0.3, 0.4) is 0 Å². The number of hydrogen-bond donors (Lipinski definition) is 1. The molecular formula is C36H34OP2. The molecule has 1 nitrogen and oxygen atoms in total. The Morgan fingerprint density at radius 2 is 0.949 bits per heavy atom. The minimum absolute atomic E-state index is 0.223. The van der Waals surface area contributed by atoms with Crippen molar-refractivity contribution in [1.29, 1.82) is 0 Å². The van der Waals surface area contributed by atoms with Crippen molar-refractivity contribution in [3.63, 3.8) is 0 Å². The van der Waals surface area contributed by atoms with Crippen LogP contribution in [0.25, 0.3) is 0 Å². The number of rotatable bonds is 8. The molecule has 0 heterocycles. The van der Waals surface area contributed by atoms with Crippen LogP contribution in [0.4, 0.5) is 0 Å². The summed E-state index contributed by atoms with van der Waals surface area (Å²) in [5.74, 6) is 0.223. The van der Waals surface area contributed by atoms with Gasteiger partial charge in [0, 0.05) is 0 Å². The van der Waals surface area contributed by atoms with Crippen LogP contribution in [0.2, 0.25) is 0 Å². The topological polar surface area (TPSA) is 20.2 Å². The molecule has 6 rings (SSSR count). The van der Waals surface area contributed by atoms with E-state index in [9.17, 15) is 5.11 Å². The molecular weight excluding hydrogens is 510 g/mol. The molecule has 1 N–H and O–H groups in total. The van der Waals surface area contributed by atoms with Crippen molar-refractivity contribution in [2.75, 3.05) is 0 Å². The molecule has 1 aliphatic carbocycles. The van der Waals surface area contributed by atoms with Gasteiger partial charge in [-0.15, -0.1) is 0 Å². The van der Waals surface area contributed by atoms with Crippen molar-refractivity contribution in [3.8, 4) is 0 Å². The largest absolute Gasteiger partial charge is 0.388 e. The van der Waals surface area contributed by atoms with Gasteiger partial charge in [-0.2, -0.15) is 0 Å². The quantitative estimate of drug-likeness (QED) is 0.214. The van der Waals surface area contributed by atoms with Gasteiger partial charge >= 0.3 is 0 Å². The molecule has 3 heteroatoms. The summed E-state index contributed by atoms with van der Waals surface area (Å²) in [5.41, 5.74) is 1.54. The van der Waals surface area contributed by atoms with Crippen LogP contribution in [-0.2, 0) is 0 Å². The molecule has 3 atom stereocenters. The van der Waals surface area contributed by atoms with Gasteiger partial charge < -0.3 is 5.11 Å². The van der Waals surface area contributed by atoms with Crippen molar-refractivity contribution in [2.45, 2.75) is 31.0 Å². The number of hydrogen-bond acceptors (Lipinski definition) is 1. The molecule has 0 aromatic heterocycles. The van der Waals surface area contributed by atoms with Gasteiger partial charge in [0.15, 0.2) is 0 Å². The first kappa shape index (κ1) is 26.2. The molecule has 1 fully saturated rings. The Bertz CT molecular complexity index is 1380. The Balaban J connectivity index is 1.41. The highest BCUT2D eigenvalue weighted by atomic mass is 31.1. The molecule has 5 aromatic carbocycles. The summed E-state index contributed by atoms with van der Waals surface area (Å²) in [4.78, 5) is 0. The highest BCUT2D eigenvalue weighted by molar-refractivity contribution is 7.80. The summed E-state index contributed by atoms with van der Waals surface area (Å²) in [5, 5.41) is 19.0. The van der Waals surface area contributed by atoms with Gasteiger partial charge in [0.25, 0.3) is 0 Å². The molecule has 194 valence electrons. The van der Waals surface area contributed by atoms with Crippen LogP contribution < -0.4 is 26.5 Å². The molecule has 0 aliphatic heterocycles. The average molecular weight is 545 g/mol. The Morgan fingerprint density at radius 3 is 1.46 bits per heavy atom. The van der Waals surface area contributed by atoms with Gasteiger partial charge in [-0.25, -0.2) is 0 Å². The predicted octanol–water partition coefficient (Wildman–Crippen LogP) is 6.78. The third-order valence-electron chi connectivity index (χ3n) is 7.86. The summed E-state index contributed by atoms with van der Waals surface area (Å²) in [6.45, 7) is 0. The van der Waals surface area contributed by atoms with Crippen LogP contribution >= 0.6 is 15.8 Å². The van der Waals surface area contributed by atoms with E-state index < -0.39 is 21.9 Å². The van der Waals surface area contributed by atoms with E-state index in [0.29, 0.717) is 5.66 Å². The van der Waals surface area contributed by atoms with Gasteiger partial charge in [0.05, 0.1) is 6.10 Å². The smallest absolute Gasteiger partial charge is 0.0830 e. The van der Waals surface area contributed by atoms with Crippen molar-refractivity contribution < 1.29 is 5.11 Å². The van der Waals surface area contributed by atoms with E-state index in [1.54, 1.807) is 0 Å². The summed E-state index contributed by atoms with van der Waals surface area (Å²) >= 11 is 0.